The molecule has 0 fully saturated rings. The third kappa shape index (κ3) is 11.3. The van der Waals surface area contributed by atoms with Gasteiger partial charge < -0.3 is 25.8 Å². The molecule has 0 aliphatic heterocycles. The zero-order valence-electron chi connectivity index (χ0n) is 23.3. The molecule has 1 radical (unpaired) electrons. The Labute approximate surface area is 246 Å². The van der Waals surface area contributed by atoms with Crippen LogP contribution in [0.2, 0.25) is 5.02 Å². The van der Waals surface area contributed by atoms with Crippen molar-refractivity contribution in [3.05, 3.63) is 107 Å². The highest BCUT2D eigenvalue weighted by molar-refractivity contribution is 6.30. The number of urea groups is 1. The molecule has 0 heterocycles. The summed E-state index contributed by atoms with van der Waals surface area (Å²) < 4.78 is 5.41. The molecule has 217 valence electrons. The lowest BCUT2D eigenvalue weighted by Gasteiger charge is -2.29. The summed E-state index contributed by atoms with van der Waals surface area (Å²) in [6.07, 6.45) is 0.917. The lowest BCUT2D eigenvalue weighted by molar-refractivity contribution is 0.0898. The number of aliphatic hydroxyl groups is 1. The smallest absolute Gasteiger partial charge is 0.407 e. The minimum Gasteiger partial charge on any atom is -0.445 e. The third-order valence-corrected chi connectivity index (χ3v) is 6.70. The number of alkyl carbamates (subject to hydrolysis) is 1. The molecule has 0 aliphatic carbocycles. The van der Waals surface area contributed by atoms with Crippen molar-refractivity contribution in [2.75, 3.05) is 0 Å². The van der Waals surface area contributed by atoms with Crippen molar-refractivity contribution in [3.63, 3.8) is 0 Å². The summed E-state index contributed by atoms with van der Waals surface area (Å²) in [5, 5.41) is 20.2. The number of ether oxygens (including phenoxy) is 1. The van der Waals surface area contributed by atoms with Gasteiger partial charge >= 0.3 is 12.1 Å². The third-order valence-electron chi connectivity index (χ3n) is 6.47. The van der Waals surface area contributed by atoms with Crippen molar-refractivity contribution in [1.82, 2.24) is 16.0 Å². The Kier molecular flexibility index (Phi) is 12.7. The van der Waals surface area contributed by atoms with Crippen LogP contribution in [0.3, 0.4) is 0 Å². The van der Waals surface area contributed by atoms with E-state index in [4.69, 9.17) is 16.3 Å². The van der Waals surface area contributed by atoms with E-state index in [0.29, 0.717) is 23.4 Å². The second-order valence-electron chi connectivity index (χ2n) is 10.3. The second-order valence-corrected chi connectivity index (χ2v) is 10.8. The minimum atomic E-state index is -1.09. The van der Waals surface area contributed by atoms with Gasteiger partial charge in [0.1, 0.15) is 6.61 Å². The predicted molar refractivity (Wildman–Crippen MR) is 159 cm³/mol. The number of halogens is 1. The van der Waals surface area contributed by atoms with Gasteiger partial charge in [0, 0.05) is 5.02 Å². The summed E-state index contributed by atoms with van der Waals surface area (Å²) in [7, 11) is 0. The van der Waals surface area contributed by atoms with Crippen molar-refractivity contribution < 1.29 is 24.2 Å². The number of carbonyl (C=O) groups excluding carboxylic acids is 3. The highest BCUT2D eigenvalue weighted by atomic mass is 35.5. The summed E-state index contributed by atoms with van der Waals surface area (Å²) in [5.74, 6) is 0.179. The van der Waals surface area contributed by atoms with Crippen molar-refractivity contribution in [1.29, 1.82) is 0 Å². The Morgan fingerprint density at radius 3 is 2.15 bits per heavy atom. The molecule has 3 aromatic rings. The van der Waals surface area contributed by atoms with Crippen LogP contribution in [0.15, 0.2) is 84.9 Å². The largest absolute Gasteiger partial charge is 0.445 e. The molecule has 9 heteroatoms. The Hall–Kier alpha value is -3.88. The molecule has 0 saturated carbocycles. The van der Waals surface area contributed by atoms with Crippen LogP contribution < -0.4 is 16.0 Å². The summed E-state index contributed by atoms with van der Waals surface area (Å²) in [4.78, 5) is 37.0. The first-order valence-electron chi connectivity index (χ1n) is 13.6. The molecular formula is C32H37ClN3O5. The van der Waals surface area contributed by atoms with E-state index in [9.17, 15) is 19.5 Å². The Morgan fingerprint density at radius 1 is 0.878 bits per heavy atom. The Bertz CT molecular complexity index is 1240. The van der Waals surface area contributed by atoms with Crippen LogP contribution in [0.5, 0.6) is 0 Å². The fraction of sp³-hybridized carbons (Fsp3) is 0.344. The summed E-state index contributed by atoms with van der Waals surface area (Å²) in [5.41, 5.74) is 2.40. The van der Waals surface area contributed by atoms with Crippen molar-refractivity contribution >= 4 is 30.0 Å². The summed E-state index contributed by atoms with van der Waals surface area (Å²) in [6, 6.07) is 22.9. The molecule has 3 rings (SSSR count). The fourth-order valence-corrected chi connectivity index (χ4v) is 4.64. The fourth-order valence-electron chi connectivity index (χ4n) is 4.44. The maximum absolute atomic E-state index is 12.9. The molecule has 0 saturated heterocycles. The van der Waals surface area contributed by atoms with Crippen LogP contribution in [-0.2, 0) is 22.6 Å². The van der Waals surface area contributed by atoms with Crippen LogP contribution >= 0.6 is 11.6 Å². The van der Waals surface area contributed by atoms with Gasteiger partial charge in [-0.15, -0.1) is 0 Å². The molecule has 0 aromatic heterocycles. The average molecular weight is 579 g/mol. The molecule has 4 N–H and O–H groups in total. The van der Waals surface area contributed by atoms with Gasteiger partial charge in [-0.3, -0.25) is 4.79 Å². The number of aliphatic hydroxyl groups excluding tert-OH is 1. The van der Waals surface area contributed by atoms with Crippen LogP contribution in [0.4, 0.5) is 9.59 Å². The van der Waals surface area contributed by atoms with Gasteiger partial charge in [0.05, 0.1) is 24.2 Å². The number of hydrogen-bond donors (Lipinski definition) is 4. The van der Waals surface area contributed by atoms with Crippen LogP contribution in [0.1, 0.15) is 49.4 Å². The van der Waals surface area contributed by atoms with E-state index in [0.717, 1.165) is 11.1 Å². The molecule has 0 spiro atoms. The molecule has 0 bridgehead atoms. The monoisotopic (exact) mass is 578 g/mol. The van der Waals surface area contributed by atoms with Crippen molar-refractivity contribution in [2.45, 2.75) is 63.9 Å². The highest BCUT2D eigenvalue weighted by Crippen LogP contribution is 2.24. The zero-order valence-corrected chi connectivity index (χ0v) is 24.0. The van der Waals surface area contributed by atoms with E-state index in [1.54, 1.807) is 24.3 Å². The molecule has 4 atom stereocenters. The van der Waals surface area contributed by atoms with E-state index in [1.807, 2.05) is 80.8 Å². The van der Waals surface area contributed by atoms with Gasteiger partial charge in [0.2, 0.25) is 6.29 Å². The van der Waals surface area contributed by atoms with Gasteiger partial charge in [0.25, 0.3) is 0 Å². The molecule has 0 aliphatic rings. The Morgan fingerprint density at radius 2 is 1.54 bits per heavy atom. The number of hydrogen-bond acceptors (Lipinski definition) is 5. The maximum atomic E-state index is 12.9. The lowest BCUT2D eigenvalue weighted by atomic mass is 9.93. The molecule has 8 nitrogen and oxygen atoms in total. The zero-order chi connectivity index (χ0) is 29.6. The summed E-state index contributed by atoms with van der Waals surface area (Å²) in [6.45, 7) is 3.97. The van der Waals surface area contributed by atoms with Gasteiger partial charge in [-0.25, -0.2) is 9.59 Å². The molecular weight excluding hydrogens is 542 g/mol. The average Bonchev–Trinajstić information content (AvgIpc) is 2.96. The Balaban J connectivity index is 1.76. The second kappa shape index (κ2) is 16.4. The summed E-state index contributed by atoms with van der Waals surface area (Å²) >= 11 is 6.23. The van der Waals surface area contributed by atoms with Crippen molar-refractivity contribution in [2.24, 2.45) is 5.92 Å². The first-order chi connectivity index (χ1) is 19.7. The topological polar surface area (TPSA) is 117 Å². The van der Waals surface area contributed by atoms with E-state index >= 15 is 0 Å². The number of amides is 3. The standard InChI is InChI=1S/C32H37ClN3O5/c1-22(2)16-27(20-37)34-31(39)35-28(25-14-9-15-26(33)18-25)19-30(38)29(17-23-10-5-3-6-11-23)36-32(40)41-21-24-12-7-4-8-13-24/h3-15,18,22,27-30,38H,16-17,19,21H2,1-2H3,(H,36,40)(H2,34,35,39)/t27-,28?,29?,30?/m0/s1. The van der Waals surface area contributed by atoms with Gasteiger partial charge in [-0.05, 0) is 54.0 Å². The molecule has 3 amide bonds. The first kappa shape index (κ1) is 31.6. The number of benzene rings is 3. The molecule has 3 aromatic carbocycles. The highest BCUT2D eigenvalue weighted by Gasteiger charge is 2.28. The number of carbonyl (C=O) groups is 2. The normalized spacial score (nSPS) is 13.9. The number of rotatable bonds is 14. The first-order valence-corrected chi connectivity index (χ1v) is 14.0. The van der Waals surface area contributed by atoms with Crippen molar-refractivity contribution in [3.8, 4) is 0 Å². The van der Waals surface area contributed by atoms with E-state index in [2.05, 4.69) is 16.0 Å². The van der Waals surface area contributed by atoms with E-state index < -0.39 is 36.4 Å². The lowest BCUT2D eigenvalue weighted by Crippen LogP contribution is -2.48. The minimum absolute atomic E-state index is 0.0455. The molecule has 3 unspecified atom stereocenters. The van der Waals surface area contributed by atoms with E-state index in [-0.39, 0.29) is 18.9 Å². The van der Waals surface area contributed by atoms with Gasteiger partial charge in [0.15, 0.2) is 0 Å². The van der Waals surface area contributed by atoms with Crippen LogP contribution in [0.25, 0.3) is 0 Å². The van der Waals surface area contributed by atoms with Crippen LogP contribution in [0, 0.1) is 5.92 Å². The van der Waals surface area contributed by atoms with Gasteiger partial charge in [-0.2, -0.15) is 0 Å². The maximum Gasteiger partial charge on any atom is 0.407 e. The van der Waals surface area contributed by atoms with E-state index in [1.165, 1.54) is 0 Å². The SMILES string of the molecule is CC(C)C[C@@H]([C]=O)NC(=O)NC(CC(O)C(Cc1ccccc1)NC(=O)OCc1ccccc1)c1cccc(Cl)c1. The predicted octanol–water partition coefficient (Wildman–Crippen LogP) is 5.49. The van der Waals surface area contributed by atoms with Gasteiger partial charge in [-0.1, -0.05) is 98.2 Å². The quantitative estimate of drug-likeness (QED) is 0.202. The molecule has 41 heavy (non-hydrogen) atoms. The van der Waals surface area contributed by atoms with Crippen LogP contribution in [-0.4, -0.2) is 41.7 Å². The number of nitrogens with one attached hydrogen (secondary N) is 3.